The number of fused-ring (bicyclic) bond motifs is 1. The Hall–Kier alpha value is -4.18. The van der Waals surface area contributed by atoms with E-state index >= 15 is 0 Å². The lowest BCUT2D eigenvalue weighted by Gasteiger charge is -2.26. The van der Waals surface area contributed by atoms with Gasteiger partial charge in [0, 0.05) is 47.8 Å². The Morgan fingerprint density at radius 3 is 2.62 bits per heavy atom. The summed E-state index contributed by atoms with van der Waals surface area (Å²) in [5.41, 5.74) is 8.34. The molecule has 4 rings (SSSR count). The molecule has 1 aromatic carbocycles. The van der Waals surface area contributed by atoms with Crippen LogP contribution in [0, 0.1) is 0 Å². The number of ether oxygens (including phenoxy) is 1. The number of methoxy groups -OCH3 is 1. The highest BCUT2D eigenvalue weighted by Gasteiger charge is 2.24. The van der Waals surface area contributed by atoms with Gasteiger partial charge in [0.25, 0.3) is 0 Å². The fourth-order valence-electron chi connectivity index (χ4n) is 3.66. The number of hydrogen-bond acceptors (Lipinski definition) is 7. The van der Waals surface area contributed by atoms with Crippen LogP contribution in [0.25, 0.3) is 10.9 Å². The van der Waals surface area contributed by atoms with Gasteiger partial charge in [-0.1, -0.05) is 6.07 Å². The largest absolute Gasteiger partial charge is 0.465 e. The number of esters is 1. The van der Waals surface area contributed by atoms with Gasteiger partial charge in [0.2, 0.25) is 5.78 Å². The van der Waals surface area contributed by atoms with Gasteiger partial charge in [0.05, 0.1) is 41.7 Å². The highest BCUT2D eigenvalue weighted by Crippen LogP contribution is 2.30. The minimum atomic E-state index is -0.515. The summed E-state index contributed by atoms with van der Waals surface area (Å²) in [5.74, 6) is -0.744. The van der Waals surface area contributed by atoms with Gasteiger partial charge in [-0.2, -0.15) is 0 Å². The number of pyridine rings is 1. The average molecular weight is 478 g/mol. The second-order valence-corrected chi connectivity index (χ2v) is 8.88. The molecule has 0 spiro atoms. The topological polar surface area (TPSA) is 122 Å². The van der Waals surface area contributed by atoms with E-state index in [1.54, 1.807) is 62.9 Å². The Balaban J connectivity index is 1.67. The monoisotopic (exact) mass is 477 g/mol. The van der Waals surface area contributed by atoms with Crippen LogP contribution >= 0.6 is 11.3 Å². The minimum Gasteiger partial charge on any atom is -0.465 e. The fraction of sp³-hybridized carbons (Fsp3) is 0.167. The molecule has 34 heavy (non-hydrogen) atoms. The smallest absolute Gasteiger partial charge is 0.338 e. The van der Waals surface area contributed by atoms with Gasteiger partial charge in [-0.05, 0) is 30.3 Å². The van der Waals surface area contributed by atoms with Gasteiger partial charge >= 0.3 is 12.0 Å². The lowest BCUT2D eigenvalue weighted by molar-refractivity contribution is 0.0603. The lowest BCUT2D eigenvalue weighted by Crippen LogP contribution is -2.39. The van der Waals surface area contributed by atoms with Crippen LogP contribution in [-0.2, 0) is 11.3 Å². The summed E-state index contributed by atoms with van der Waals surface area (Å²) in [5, 5.41) is 0.517. The maximum Gasteiger partial charge on any atom is 0.338 e. The van der Waals surface area contributed by atoms with Crippen molar-refractivity contribution in [3.63, 3.8) is 0 Å². The summed E-state index contributed by atoms with van der Waals surface area (Å²) in [7, 11) is 4.62. The number of thiophene rings is 1. The number of aromatic amines is 1. The maximum absolute atomic E-state index is 13.4. The number of rotatable bonds is 6. The standard InChI is InChI=1S/C24H23N5O4S/c1-28(2)24(32)29(19-9-10-26-12-17(19)25)13-14-7-8-20(34-14)22(30)16-11-27-18-6-4-5-15(21(16)18)23(31)33-3/h4-12,27H,13,25H2,1-3H3. The molecule has 3 aromatic heterocycles. The van der Waals surface area contributed by atoms with Crippen LogP contribution in [0.2, 0.25) is 0 Å². The number of nitrogen functional groups attached to an aromatic ring is 1. The molecule has 0 radical (unpaired) electrons. The summed E-state index contributed by atoms with van der Waals surface area (Å²) >= 11 is 1.28. The molecule has 0 aliphatic carbocycles. The molecule has 0 saturated carbocycles. The molecule has 0 bridgehead atoms. The van der Waals surface area contributed by atoms with E-state index in [0.29, 0.717) is 38.3 Å². The fourth-order valence-corrected chi connectivity index (χ4v) is 4.61. The first-order valence-corrected chi connectivity index (χ1v) is 11.1. The van der Waals surface area contributed by atoms with Crippen LogP contribution < -0.4 is 10.6 Å². The predicted octanol–water partition coefficient (Wildman–Crippen LogP) is 3.91. The third-order valence-electron chi connectivity index (χ3n) is 5.29. The highest BCUT2D eigenvalue weighted by molar-refractivity contribution is 7.14. The maximum atomic E-state index is 13.4. The molecule has 0 saturated heterocycles. The summed E-state index contributed by atoms with van der Waals surface area (Å²) in [4.78, 5) is 49.8. The molecule has 0 aliphatic heterocycles. The number of carbonyl (C=O) groups is 3. The van der Waals surface area contributed by atoms with Crippen molar-refractivity contribution in [3.05, 3.63) is 75.9 Å². The van der Waals surface area contributed by atoms with Crippen LogP contribution in [0.4, 0.5) is 16.2 Å². The van der Waals surface area contributed by atoms with Gasteiger partial charge in [0.15, 0.2) is 0 Å². The van der Waals surface area contributed by atoms with E-state index in [4.69, 9.17) is 10.5 Å². The van der Waals surface area contributed by atoms with E-state index in [0.717, 1.165) is 4.88 Å². The molecule has 0 unspecified atom stereocenters. The van der Waals surface area contributed by atoms with Crippen molar-refractivity contribution in [2.75, 3.05) is 31.8 Å². The lowest BCUT2D eigenvalue weighted by atomic mass is 10.0. The van der Waals surface area contributed by atoms with Crippen molar-refractivity contribution in [3.8, 4) is 0 Å². The zero-order valence-electron chi connectivity index (χ0n) is 18.9. The number of nitrogens with two attached hydrogens (primary N) is 1. The van der Waals surface area contributed by atoms with E-state index in [1.165, 1.54) is 34.4 Å². The molecule has 0 atom stereocenters. The predicted molar refractivity (Wildman–Crippen MR) is 131 cm³/mol. The Morgan fingerprint density at radius 2 is 1.91 bits per heavy atom. The van der Waals surface area contributed by atoms with Crippen molar-refractivity contribution < 1.29 is 19.1 Å². The van der Waals surface area contributed by atoms with Crippen molar-refractivity contribution in [2.24, 2.45) is 0 Å². The normalized spacial score (nSPS) is 10.8. The molecule has 3 heterocycles. The number of urea groups is 1. The number of nitrogens with zero attached hydrogens (tertiary/aromatic N) is 3. The molecule has 9 nitrogen and oxygen atoms in total. The number of amides is 2. The van der Waals surface area contributed by atoms with Crippen molar-refractivity contribution in [1.82, 2.24) is 14.9 Å². The Labute approximate surface area is 199 Å². The van der Waals surface area contributed by atoms with Crippen molar-refractivity contribution >= 4 is 51.4 Å². The van der Waals surface area contributed by atoms with Crippen LogP contribution in [-0.4, -0.2) is 53.9 Å². The van der Waals surface area contributed by atoms with Gasteiger partial charge in [0.1, 0.15) is 0 Å². The number of anilines is 2. The SMILES string of the molecule is COC(=O)c1cccc2[nH]cc(C(=O)c3ccc(CN(C(=O)N(C)C)c4ccncc4N)s3)c12. The molecule has 4 aromatic rings. The van der Waals surface area contributed by atoms with Crippen LogP contribution in [0.5, 0.6) is 0 Å². The van der Waals surface area contributed by atoms with Gasteiger partial charge in [-0.3, -0.25) is 14.7 Å². The van der Waals surface area contributed by atoms with Gasteiger partial charge < -0.3 is 20.4 Å². The molecule has 2 amide bonds. The molecule has 10 heteroatoms. The van der Waals surface area contributed by atoms with Gasteiger partial charge in [-0.25, -0.2) is 9.59 Å². The summed E-state index contributed by atoms with van der Waals surface area (Å²) < 4.78 is 4.88. The third-order valence-corrected chi connectivity index (χ3v) is 6.36. The number of hydrogen-bond donors (Lipinski definition) is 2. The second-order valence-electron chi connectivity index (χ2n) is 7.71. The highest BCUT2D eigenvalue weighted by atomic mass is 32.1. The summed E-state index contributed by atoms with van der Waals surface area (Å²) in [6.45, 7) is 0.227. The molecule has 0 aliphatic rings. The number of carbonyl (C=O) groups excluding carboxylic acids is 3. The van der Waals surface area contributed by atoms with E-state index in [1.807, 2.05) is 0 Å². The zero-order valence-corrected chi connectivity index (χ0v) is 19.7. The quantitative estimate of drug-likeness (QED) is 0.321. The minimum absolute atomic E-state index is 0.227. The van der Waals surface area contributed by atoms with E-state index in [2.05, 4.69) is 9.97 Å². The number of H-pyrrole nitrogens is 1. The first-order chi connectivity index (χ1) is 16.3. The number of aromatic nitrogens is 2. The first-order valence-electron chi connectivity index (χ1n) is 10.3. The van der Waals surface area contributed by atoms with Crippen LogP contribution in [0.3, 0.4) is 0 Å². The number of ketones is 1. The Kier molecular flexibility index (Phi) is 6.33. The van der Waals surface area contributed by atoms with Crippen LogP contribution in [0.15, 0.2) is 55.0 Å². The number of benzene rings is 1. The third kappa shape index (κ3) is 4.23. The van der Waals surface area contributed by atoms with E-state index in [-0.39, 0.29) is 18.4 Å². The average Bonchev–Trinajstić information content (AvgIpc) is 3.49. The molecular formula is C24H23N5O4S. The zero-order chi connectivity index (χ0) is 24.4. The molecule has 0 fully saturated rings. The van der Waals surface area contributed by atoms with Crippen molar-refractivity contribution in [1.29, 1.82) is 0 Å². The number of nitrogens with one attached hydrogen (secondary N) is 1. The molecule has 3 N–H and O–H groups in total. The Morgan fingerprint density at radius 1 is 1.12 bits per heavy atom. The molecular weight excluding hydrogens is 454 g/mol. The first kappa shape index (κ1) is 23.0. The summed E-state index contributed by atoms with van der Waals surface area (Å²) in [6, 6.07) is 10.1. The van der Waals surface area contributed by atoms with Gasteiger partial charge in [-0.15, -0.1) is 11.3 Å². The summed E-state index contributed by atoms with van der Waals surface area (Å²) in [6.07, 6.45) is 4.66. The Bertz CT molecular complexity index is 1390. The van der Waals surface area contributed by atoms with E-state index in [9.17, 15) is 14.4 Å². The second kappa shape index (κ2) is 9.36. The molecule has 174 valence electrons. The van der Waals surface area contributed by atoms with E-state index < -0.39 is 5.97 Å². The van der Waals surface area contributed by atoms with Crippen molar-refractivity contribution in [2.45, 2.75) is 6.54 Å². The van der Waals surface area contributed by atoms with Crippen LogP contribution in [0.1, 0.15) is 30.5 Å².